The molecule has 0 saturated heterocycles. The van der Waals surface area contributed by atoms with Crippen LogP contribution in [0.2, 0.25) is 0 Å². The number of aryl methyl sites for hydroxylation is 1. The second kappa shape index (κ2) is 9.23. The van der Waals surface area contributed by atoms with Crippen LogP contribution in [0.4, 0.5) is 4.39 Å². The lowest BCUT2D eigenvalue weighted by Gasteiger charge is -2.16. The van der Waals surface area contributed by atoms with Crippen molar-refractivity contribution in [2.45, 2.75) is 52.1 Å². The van der Waals surface area contributed by atoms with E-state index in [9.17, 15) is 4.39 Å². The molecule has 1 aromatic carbocycles. The molecule has 0 aliphatic heterocycles. The van der Waals surface area contributed by atoms with Gasteiger partial charge in [0.2, 0.25) is 0 Å². The molecule has 2 N–H and O–H groups in total. The minimum atomic E-state index is -0.161. The van der Waals surface area contributed by atoms with Crippen LogP contribution < -0.4 is 10.6 Å². The molecule has 0 heterocycles. The van der Waals surface area contributed by atoms with Crippen LogP contribution >= 0.6 is 24.0 Å². The largest absolute Gasteiger partial charge is 0.357 e. The van der Waals surface area contributed by atoms with E-state index >= 15 is 0 Å². The summed E-state index contributed by atoms with van der Waals surface area (Å²) in [6.45, 7) is 5.16. The first kappa shape index (κ1) is 18.2. The van der Waals surface area contributed by atoms with Crippen molar-refractivity contribution < 1.29 is 4.39 Å². The van der Waals surface area contributed by atoms with E-state index in [2.05, 4.69) is 22.5 Å². The molecular weight excluding hydrogens is 380 g/mol. The molecule has 0 bridgehead atoms. The number of hydrogen-bond acceptors (Lipinski definition) is 1. The summed E-state index contributed by atoms with van der Waals surface area (Å²) in [4.78, 5) is 4.55. The molecule has 1 aliphatic carbocycles. The van der Waals surface area contributed by atoms with Gasteiger partial charge in [0.1, 0.15) is 5.82 Å². The van der Waals surface area contributed by atoms with Gasteiger partial charge >= 0.3 is 0 Å². The zero-order chi connectivity index (χ0) is 14.4. The minimum Gasteiger partial charge on any atom is -0.357 e. The van der Waals surface area contributed by atoms with E-state index in [4.69, 9.17) is 0 Å². The lowest BCUT2D eigenvalue weighted by molar-refractivity contribution is 0.611. The first-order chi connectivity index (χ1) is 9.69. The lowest BCUT2D eigenvalue weighted by atomic mass is 10.1. The van der Waals surface area contributed by atoms with Crippen molar-refractivity contribution >= 4 is 29.9 Å². The first-order valence-electron chi connectivity index (χ1n) is 7.49. The van der Waals surface area contributed by atoms with Gasteiger partial charge in [-0.2, -0.15) is 0 Å². The van der Waals surface area contributed by atoms with Crippen LogP contribution in [-0.4, -0.2) is 18.5 Å². The van der Waals surface area contributed by atoms with Crippen LogP contribution in [0.25, 0.3) is 0 Å². The number of benzene rings is 1. The number of guanidine groups is 1. The van der Waals surface area contributed by atoms with Crippen LogP contribution in [0.1, 0.15) is 43.7 Å². The van der Waals surface area contributed by atoms with E-state index in [1.165, 1.54) is 25.7 Å². The predicted octanol–water partition coefficient (Wildman–Crippen LogP) is 3.75. The van der Waals surface area contributed by atoms with Crippen molar-refractivity contribution in [2.75, 3.05) is 6.54 Å². The molecule has 0 amide bonds. The van der Waals surface area contributed by atoms with Gasteiger partial charge in [0, 0.05) is 12.6 Å². The van der Waals surface area contributed by atoms with Gasteiger partial charge < -0.3 is 10.6 Å². The lowest BCUT2D eigenvalue weighted by Crippen LogP contribution is -2.42. The Balaban J connectivity index is 0.00000220. The highest BCUT2D eigenvalue weighted by Gasteiger charge is 2.15. The number of nitrogens with zero attached hydrogens (tertiary/aromatic N) is 1. The maximum absolute atomic E-state index is 13.5. The molecule has 118 valence electrons. The molecule has 1 aliphatic rings. The quantitative estimate of drug-likeness (QED) is 0.455. The zero-order valence-electron chi connectivity index (χ0n) is 12.8. The smallest absolute Gasteiger partial charge is 0.191 e. The van der Waals surface area contributed by atoms with Gasteiger partial charge in [0.05, 0.1) is 6.54 Å². The molecule has 0 atom stereocenters. The third-order valence-electron chi connectivity index (χ3n) is 3.70. The third kappa shape index (κ3) is 5.80. The summed E-state index contributed by atoms with van der Waals surface area (Å²) in [5.41, 5.74) is 1.57. The van der Waals surface area contributed by atoms with Gasteiger partial charge in [-0.3, -0.25) is 0 Å². The molecule has 1 saturated carbocycles. The maximum Gasteiger partial charge on any atom is 0.191 e. The van der Waals surface area contributed by atoms with Crippen molar-refractivity contribution in [1.82, 2.24) is 10.6 Å². The summed E-state index contributed by atoms with van der Waals surface area (Å²) < 4.78 is 13.5. The van der Waals surface area contributed by atoms with Gasteiger partial charge in [-0.15, -0.1) is 24.0 Å². The Bertz CT molecular complexity index is 471. The molecule has 0 spiro atoms. The monoisotopic (exact) mass is 405 g/mol. The second-order valence-electron chi connectivity index (χ2n) is 5.40. The summed E-state index contributed by atoms with van der Waals surface area (Å²) in [7, 11) is 0. The predicted molar refractivity (Wildman–Crippen MR) is 96.8 cm³/mol. The number of halogens is 2. The summed E-state index contributed by atoms with van der Waals surface area (Å²) in [5.74, 6) is 0.673. The number of rotatable bonds is 4. The molecule has 0 unspecified atom stereocenters. The Labute approximate surface area is 143 Å². The summed E-state index contributed by atoms with van der Waals surface area (Å²) in [6.07, 6.45) is 5.01. The van der Waals surface area contributed by atoms with Crippen molar-refractivity contribution in [3.63, 3.8) is 0 Å². The second-order valence-corrected chi connectivity index (χ2v) is 5.40. The summed E-state index contributed by atoms with van der Waals surface area (Å²) in [6, 6.07) is 5.83. The standard InChI is InChI=1S/C16H24FN3.HI/c1-3-18-16(20-14-6-4-5-7-14)19-11-13-9-8-12(2)15(17)10-13;/h8-10,14H,3-7,11H2,1-2H3,(H2,18,19,20);1H. The normalized spacial score (nSPS) is 15.7. The van der Waals surface area contributed by atoms with Crippen molar-refractivity contribution in [3.8, 4) is 0 Å². The number of aliphatic imine (C=N–C) groups is 1. The first-order valence-corrected chi connectivity index (χ1v) is 7.49. The highest BCUT2D eigenvalue weighted by atomic mass is 127. The Morgan fingerprint density at radius 2 is 2.05 bits per heavy atom. The van der Waals surface area contributed by atoms with E-state index in [0.717, 1.165) is 18.1 Å². The van der Waals surface area contributed by atoms with Gasteiger partial charge in [0.15, 0.2) is 5.96 Å². The average Bonchev–Trinajstić information content (AvgIpc) is 2.93. The van der Waals surface area contributed by atoms with Crippen LogP contribution in [0.5, 0.6) is 0 Å². The summed E-state index contributed by atoms with van der Waals surface area (Å²) >= 11 is 0. The topological polar surface area (TPSA) is 36.4 Å². The number of hydrogen-bond donors (Lipinski definition) is 2. The molecule has 0 radical (unpaired) electrons. The Morgan fingerprint density at radius 1 is 1.33 bits per heavy atom. The fourth-order valence-corrected chi connectivity index (χ4v) is 2.49. The molecular formula is C16H25FIN3. The molecule has 2 rings (SSSR count). The minimum absolute atomic E-state index is 0. The van der Waals surface area contributed by atoms with Crippen molar-refractivity contribution in [2.24, 2.45) is 4.99 Å². The fraction of sp³-hybridized carbons (Fsp3) is 0.562. The molecule has 3 nitrogen and oxygen atoms in total. The molecule has 1 aromatic rings. The highest BCUT2D eigenvalue weighted by Crippen LogP contribution is 2.17. The number of nitrogens with one attached hydrogen (secondary N) is 2. The van der Waals surface area contributed by atoms with Gasteiger partial charge in [0.25, 0.3) is 0 Å². The molecule has 5 heteroatoms. The Hall–Kier alpha value is -0.850. The van der Waals surface area contributed by atoms with Crippen LogP contribution in [-0.2, 0) is 6.54 Å². The third-order valence-corrected chi connectivity index (χ3v) is 3.70. The van der Waals surface area contributed by atoms with E-state index in [1.807, 2.05) is 6.07 Å². The van der Waals surface area contributed by atoms with Crippen molar-refractivity contribution in [3.05, 3.63) is 35.1 Å². The van der Waals surface area contributed by atoms with Crippen LogP contribution in [0.3, 0.4) is 0 Å². The fourth-order valence-electron chi connectivity index (χ4n) is 2.49. The van der Waals surface area contributed by atoms with Gasteiger partial charge in [-0.1, -0.05) is 25.0 Å². The SMILES string of the molecule is CCNC(=NCc1ccc(C)c(F)c1)NC1CCCC1.I. The van der Waals surface area contributed by atoms with E-state index in [-0.39, 0.29) is 29.8 Å². The van der Waals surface area contributed by atoms with E-state index in [1.54, 1.807) is 19.1 Å². The van der Waals surface area contributed by atoms with E-state index in [0.29, 0.717) is 18.2 Å². The molecule has 21 heavy (non-hydrogen) atoms. The Kier molecular flexibility index (Phi) is 8.00. The molecule has 0 aromatic heterocycles. The highest BCUT2D eigenvalue weighted by molar-refractivity contribution is 14.0. The van der Waals surface area contributed by atoms with Gasteiger partial charge in [-0.25, -0.2) is 9.38 Å². The average molecular weight is 405 g/mol. The van der Waals surface area contributed by atoms with Crippen LogP contribution in [0.15, 0.2) is 23.2 Å². The van der Waals surface area contributed by atoms with Gasteiger partial charge in [-0.05, 0) is 43.9 Å². The summed E-state index contributed by atoms with van der Waals surface area (Å²) in [5, 5.41) is 6.71. The zero-order valence-corrected chi connectivity index (χ0v) is 15.1. The molecule has 1 fully saturated rings. The maximum atomic E-state index is 13.5. The van der Waals surface area contributed by atoms with Crippen LogP contribution in [0, 0.1) is 12.7 Å². The Morgan fingerprint density at radius 3 is 2.67 bits per heavy atom. The van der Waals surface area contributed by atoms with E-state index < -0.39 is 0 Å². The van der Waals surface area contributed by atoms with Crippen molar-refractivity contribution in [1.29, 1.82) is 0 Å².